The molecule has 3 aliphatic rings. The number of aliphatic imine (C=N–C) groups is 1. The number of nitrogens with zero attached hydrogens (tertiary/aromatic N) is 2. The molecular weight excluding hydrogens is 589 g/mol. The Morgan fingerprint density at radius 1 is 1.22 bits per heavy atom. The van der Waals surface area contributed by atoms with Crippen molar-refractivity contribution in [3.05, 3.63) is 70.2 Å². The third-order valence-electron chi connectivity index (χ3n) is 9.48. The number of anilines is 1. The molecule has 1 aliphatic heterocycles. The number of carbonyl (C=O) groups is 3. The van der Waals surface area contributed by atoms with Gasteiger partial charge < -0.3 is 31.1 Å². The summed E-state index contributed by atoms with van der Waals surface area (Å²) in [4.78, 5) is 49.0. The molecule has 2 amide bonds. The van der Waals surface area contributed by atoms with Gasteiger partial charge in [-0.3, -0.25) is 14.6 Å². The lowest BCUT2D eigenvalue weighted by molar-refractivity contribution is -0.123. The number of rotatable bonds is 12. The fourth-order valence-electron chi connectivity index (χ4n) is 6.05. The molecule has 2 aliphatic carbocycles. The highest BCUT2D eigenvalue weighted by atomic mass is 19.1. The Hall–Kier alpha value is -4.80. The molecule has 2 atom stereocenters. The predicted octanol–water partition coefficient (Wildman–Crippen LogP) is 4.03. The second-order valence-corrected chi connectivity index (χ2v) is 12.7. The minimum absolute atomic E-state index is 0.00274. The number of ether oxygens (including phenoxy) is 2. The highest BCUT2D eigenvalue weighted by Crippen LogP contribution is 2.50. The van der Waals surface area contributed by atoms with E-state index in [2.05, 4.69) is 10.3 Å². The molecule has 2 fully saturated rings. The monoisotopic (exact) mass is 627 g/mol. The maximum Gasteiger partial charge on any atom is 0.251 e. The van der Waals surface area contributed by atoms with E-state index in [1.807, 2.05) is 6.92 Å². The number of aldehydes is 1. The maximum atomic E-state index is 14.5. The van der Waals surface area contributed by atoms with Crippen LogP contribution in [-0.2, 0) is 26.8 Å². The summed E-state index contributed by atoms with van der Waals surface area (Å²) in [5.41, 5.74) is 13.3. The van der Waals surface area contributed by atoms with Gasteiger partial charge in [0.05, 0.1) is 29.9 Å². The number of nitrogens with two attached hydrogens (primary N) is 2. The lowest BCUT2D eigenvalue weighted by atomic mass is 9.76. The van der Waals surface area contributed by atoms with Crippen LogP contribution in [-0.4, -0.2) is 55.6 Å². The molecule has 1 aromatic heterocycles. The van der Waals surface area contributed by atoms with Crippen molar-refractivity contribution in [2.75, 3.05) is 26.0 Å². The minimum Gasteiger partial charge on any atom is -0.495 e. The Kier molecular flexibility index (Phi) is 8.04. The minimum atomic E-state index is -1.22. The number of nitrogen functional groups attached to an aromatic ring is 1. The van der Waals surface area contributed by atoms with Crippen molar-refractivity contribution in [1.82, 2.24) is 10.3 Å². The Morgan fingerprint density at radius 2 is 1.98 bits per heavy atom. The van der Waals surface area contributed by atoms with E-state index in [1.165, 1.54) is 13.2 Å². The van der Waals surface area contributed by atoms with Gasteiger partial charge in [-0.2, -0.15) is 0 Å². The number of hydrogen-bond donors (Lipinski definition) is 3. The molecule has 2 saturated carbocycles. The lowest BCUT2D eigenvalue weighted by Crippen LogP contribution is -2.45. The molecule has 2 heterocycles. The number of aryl methyl sites for hydroxylation is 1. The normalized spacial score (nSPS) is 20.1. The quantitative estimate of drug-likeness (QED) is 0.155. The largest absolute Gasteiger partial charge is 0.495 e. The number of benzene rings is 2. The van der Waals surface area contributed by atoms with Crippen LogP contribution in [0, 0.1) is 11.7 Å². The molecular formula is C35H38FN5O5. The first-order chi connectivity index (χ1) is 22.0. The molecule has 6 rings (SSSR count). The van der Waals surface area contributed by atoms with E-state index < -0.39 is 22.6 Å². The highest BCUT2D eigenvalue weighted by molar-refractivity contribution is 6.00. The summed E-state index contributed by atoms with van der Waals surface area (Å²) in [5, 5.41) is 2.96. The van der Waals surface area contributed by atoms with E-state index in [4.69, 9.17) is 25.9 Å². The molecule has 0 radical (unpaired) electrons. The zero-order valence-corrected chi connectivity index (χ0v) is 26.2. The molecule has 0 unspecified atom stereocenters. The third-order valence-corrected chi connectivity index (χ3v) is 9.48. The fraction of sp³-hybridized carbons (Fsp3) is 0.400. The lowest BCUT2D eigenvalue weighted by Gasteiger charge is -2.30. The third kappa shape index (κ3) is 5.48. The number of primary amides is 1. The summed E-state index contributed by atoms with van der Waals surface area (Å²) < 4.78 is 26.0. The topological polar surface area (TPSA) is 159 Å². The van der Waals surface area contributed by atoms with Gasteiger partial charge in [0.15, 0.2) is 0 Å². The maximum absolute atomic E-state index is 14.5. The van der Waals surface area contributed by atoms with Gasteiger partial charge in [-0.05, 0) is 86.9 Å². The molecule has 0 saturated heterocycles. The van der Waals surface area contributed by atoms with Gasteiger partial charge in [-0.1, -0.05) is 6.92 Å². The van der Waals surface area contributed by atoms with E-state index in [-0.39, 0.29) is 30.9 Å². The van der Waals surface area contributed by atoms with Gasteiger partial charge in [0, 0.05) is 35.0 Å². The van der Waals surface area contributed by atoms with E-state index >= 15 is 0 Å². The van der Waals surface area contributed by atoms with Crippen LogP contribution >= 0.6 is 0 Å². The van der Waals surface area contributed by atoms with Crippen LogP contribution in [0.15, 0.2) is 41.4 Å². The number of halogens is 1. The van der Waals surface area contributed by atoms with E-state index in [0.717, 1.165) is 32.0 Å². The first kappa shape index (κ1) is 31.2. The van der Waals surface area contributed by atoms with E-state index in [0.29, 0.717) is 62.8 Å². The summed E-state index contributed by atoms with van der Waals surface area (Å²) in [6.45, 7) is 3.49. The Bertz CT molecular complexity index is 1770. The number of amides is 2. The van der Waals surface area contributed by atoms with Gasteiger partial charge in [0.2, 0.25) is 5.91 Å². The van der Waals surface area contributed by atoms with Crippen LogP contribution < -0.4 is 26.3 Å². The number of aromatic nitrogens is 1. The molecule has 0 spiro atoms. The summed E-state index contributed by atoms with van der Waals surface area (Å²) in [5.74, 6) is -0.747. The van der Waals surface area contributed by atoms with Crippen LogP contribution in [0.4, 0.5) is 10.1 Å². The Morgan fingerprint density at radius 3 is 2.61 bits per heavy atom. The number of carbonyl (C=O) groups excluding carboxylic acids is 3. The number of fused-ring (bicyclic) bond motifs is 1. The zero-order chi connectivity index (χ0) is 32.8. The van der Waals surface area contributed by atoms with Crippen molar-refractivity contribution in [3.8, 4) is 22.8 Å². The van der Waals surface area contributed by atoms with Crippen LogP contribution in [0.3, 0.4) is 0 Å². The summed E-state index contributed by atoms with van der Waals surface area (Å²) in [6, 6.07) is 9.86. The first-order valence-electron chi connectivity index (χ1n) is 15.6. The predicted molar refractivity (Wildman–Crippen MR) is 172 cm³/mol. The van der Waals surface area contributed by atoms with Gasteiger partial charge in [-0.25, -0.2) is 9.37 Å². The van der Waals surface area contributed by atoms with Gasteiger partial charge >= 0.3 is 0 Å². The van der Waals surface area contributed by atoms with Gasteiger partial charge in [0.1, 0.15) is 41.3 Å². The van der Waals surface area contributed by atoms with E-state index in [1.54, 1.807) is 43.5 Å². The highest BCUT2D eigenvalue weighted by Gasteiger charge is 2.51. The van der Waals surface area contributed by atoms with Crippen molar-refractivity contribution < 1.29 is 28.2 Å². The first-order valence-corrected chi connectivity index (χ1v) is 15.6. The number of pyridine rings is 1. The average Bonchev–Trinajstić information content (AvgIpc) is 4.00. The van der Waals surface area contributed by atoms with Gasteiger partial charge in [0.25, 0.3) is 5.91 Å². The van der Waals surface area contributed by atoms with Crippen molar-refractivity contribution in [3.63, 3.8) is 0 Å². The molecule has 2 aromatic carbocycles. The molecule has 5 N–H and O–H groups in total. The summed E-state index contributed by atoms with van der Waals surface area (Å²) >= 11 is 0. The summed E-state index contributed by atoms with van der Waals surface area (Å²) in [7, 11) is 1.48. The number of methoxy groups -OCH3 is 1. The second kappa shape index (κ2) is 11.9. The van der Waals surface area contributed by atoms with Crippen molar-refractivity contribution >= 4 is 30.0 Å². The van der Waals surface area contributed by atoms with Crippen molar-refractivity contribution in [2.24, 2.45) is 16.6 Å². The fourth-order valence-corrected chi connectivity index (χ4v) is 6.05. The SMILES string of the molecule is CCc1cc(-c2nc([C@@](C=O)(CNC(=O)c3cc(C=NC4CC4)c(N)c(OC)c3)C3CC3)cc3c2OC[C@]3(C)C(N)=O)ccc1F. The standard InChI is InChI=1S/C35H38FN5O5/c1-4-19-11-20(5-10-26(19)36)30-31-25(34(2,18-46-31)33(38)44)14-28(41-30)35(17-42,23-6-7-23)16-40-32(43)21-12-22(15-39-24-8-9-24)29(37)27(13-21)45-3/h5,10-15,17,23-24H,4,6-9,16,18,37H2,1-3H3,(H2,38,44)(H,40,43)/t34-,35+/m0/s1. The Balaban J connectivity index is 1.41. The van der Waals surface area contributed by atoms with Crippen LogP contribution in [0.25, 0.3) is 11.3 Å². The second-order valence-electron chi connectivity index (χ2n) is 12.7. The average molecular weight is 628 g/mol. The van der Waals surface area contributed by atoms with Crippen LogP contribution in [0.2, 0.25) is 0 Å². The van der Waals surface area contributed by atoms with Gasteiger partial charge in [-0.15, -0.1) is 0 Å². The Labute approximate surface area is 266 Å². The number of hydrogen-bond acceptors (Lipinski definition) is 8. The molecule has 3 aromatic rings. The van der Waals surface area contributed by atoms with Crippen molar-refractivity contribution in [1.29, 1.82) is 0 Å². The van der Waals surface area contributed by atoms with Crippen molar-refractivity contribution in [2.45, 2.75) is 62.8 Å². The molecule has 46 heavy (non-hydrogen) atoms. The molecule has 10 nitrogen and oxygen atoms in total. The molecule has 11 heteroatoms. The van der Waals surface area contributed by atoms with E-state index in [9.17, 15) is 18.8 Å². The zero-order valence-electron chi connectivity index (χ0n) is 26.2. The molecule has 240 valence electrons. The van der Waals surface area contributed by atoms with Crippen LogP contribution in [0.5, 0.6) is 11.5 Å². The number of nitrogens with one attached hydrogen (secondary N) is 1. The molecule has 0 bridgehead atoms. The van der Waals surface area contributed by atoms with Crippen LogP contribution in [0.1, 0.15) is 72.3 Å². The summed E-state index contributed by atoms with van der Waals surface area (Å²) in [6.07, 6.45) is 6.50. The smallest absolute Gasteiger partial charge is 0.251 e.